The molecule has 2 aliphatic heterocycles. The number of nitrogen functional groups attached to an aromatic ring is 1. The lowest BCUT2D eigenvalue weighted by Crippen LogP contribution is -2.65. The zero-order chi connectivity index (χ0) is 26.9. The van der Waals surface area contributed by atoms with Crippen LogP contribution in [0.15, 0.2) is 61.2 Å². The van der Waals surface area contributed by atoms with Gasteiger partial charge in [0.05, 0.1) is 5.56 Å². The normalized spacial score (nSPS) is 27.8. The maximum atomic E-state index is 10.5. The first-order chi connectivity index (χ1) is 17.6. The molecule has 2 aromatic rings. The average molecular weight is 510 g/mol. The predicted molar refractivity (Wildman–Crippen MR) is 137 cm³/mol. The number of aromatic carboxylic acids is 1. The van der Waals surface area contributed by atoms with Gasteiger partial charge in [-0.3, -0.25) is 4.90 Å². The molecular formula is C27H31N3O7. The molecule has 4 aliphatic rings. The number of primary amides is 1. The Morgan fingerprint density at radius 2 is 1.89 bits per heavy atom. The molecular weight excluding hydrogens is 478 g/mol. The van der Waals surface area contributed by atoms with Gasteiger partial charge >= 0.3 is 12.1 Å². The van der Waals surface area contributed by atoms with Crippen LogP contribution in [0.5, 0.6) is 11.5 Å². The molecule has 8 N–H and O–H groups in total. The molecule has 1 saturated heterocycles. The number of anilines is 1. The van der Waals surface area contributed by atoms with Gasteiger partial charge in [0.25, 0.3) is 0 Å². The minimum atomic E-state index is -1.33. The Labute approximate surface area is 214 Å². The number of nitrogens with two attached hydrogens (primary N) is 2. The first kappa shape index (κ1) is 26.1. The first-order valence-corrected chi connectivity index (χ1v) is 11.9. The number of aliphatic hydroxyl groups is 1. The maximum absolute atomic E-state index is 10.5. The van der Waals surface area contributed by atoms with Crippen molar-refractivity contribution < 1.29 is 34.8 Å². The number of carboxylic acid groups (broad SMARTS) is 2. The van der Waals surface area contributed by atoms with Gasteiger partial charge in [-0.05, 0) is 43.1 Å². The molecule has 0 aromatic heterocycles. The summed E-state index contributed by atoms with van der Waals surface area (Å²) in [5, 5.41) is 36.5. The highest BCUT2D eigenvalue weighted by Gasteiger charge is 2.64. The number of likely N-dealkylation sites (tertiary alicyclic amines) is 1. The molecule has 2 aromatic carbocycles. The highest BCUT2D eigenvalue weighted by molar-refractivity contribution is 5.93. The van der Waals surface area contributed by atoms with E-state index >= 15 is 0 Å². The first-order valence-electron chi connectivity index (χ1n) is 11.9. The van der Waals surface area contributed by atoms with E-state index in [1.165, 1.54) is 11.6 Å². The monoisotopic (exact) mass is 509 g/mol. The maximum Gasteiger partial charge on any atom is 0.402 e. The molecule has 6 rings (SSSR count). The van der Waals surface area contributed by atoms with E-state index in [0.717, 1.165) is 31.5 Å². The van der Waals surface area contributed by atoms with Gasteiger partial charge < -0.3 is 36.6 Å². The Hall–Kier alpha value is -4.02. The molecule has 5 atom stereocenters. The largest absolute Gasteiger partial charge is 0.504 e. The van der Waals surface area contributed by atoms with Crippen molar-refractivity contribution in [3.8, 4) is 11.5 Å². The fourth-order valence-corrected chi connectivity index (χ4v) is 6.22. The van der Waals surface area contributed by atoms with Crippen LogP contribution < -0.4 is 16.2 Å². The Morgan fingerprint density at radius 1 is 1.19 bits per heavy atom. The summed E-state index contributed by atoms with van der Waals surface area (Å²) >= 11 is 0. The van der Waals surface area contributed by atoms with Gasteiger partial charge in [0.2, 0.25) is 0 Å². The summed E-state index contributed by atoms with van der Waals surface area (Å²) in [6.07, 6.45) is 5.71. The van der Waals surface area contributed by atoms with Gasteiger partial charge in [0.1, 0.15) is 12.2 Å². The van der Waals surface area contributed by atoms with Gasteiger partial charge in [-0.2, -0.15) is 0 Å². The highest BCUT2D eigenvalue weighted by Crippen LogP contribution is 2.62. The number of para-hydroxylation sites is 1. The van der Waals surface area contributed by atoms with E-state index in [1.807, 2.05) is 18.2 Å². The van der Waals surface area contributed by atoms with Crippen molar-refractivity contribution in [2.24, 2.45) is 11.7 Å². The van der Waals surface area contributed by atoms with E-state index in [1.54, 1.807) is 24.3 Å². The number of piperidine rings is 1. The minimum absolute atomic E-state index is 0.155. The smallest absolute Gasteiger partial charge is 0.402 e. The van der Waals surface area contributed by atoms with Crippen molar-refractivity contribution >= 4 is 17.7 Å². The second kappa shape index (κ2) is 10.2. The SMILES string of the molecule is C=CCN1CC[C@]23c4c5ccc(O)c4O[C@H]2[C@@H](O)C=C[C@H]3[C@H]1C5.NC(=O)O.Nc1ccccc1C(=O)O. The van der Waals surface area contributed by atoms with E-state index in [4.69, 9.17) is 25.5 Å². The van der Waals surface area contributed by atoms with Crippen LogP contribution in [0.25, 0.3) is 0 Å². The molecule has 0 saturated carbocycles. The number of hydrogen-bond acceptors (Lipinski definition) is 7. The molecule has 10 nitrogen and oxygen atoms in total. The second-order valence-electron chi connectivity index (χ2n) is 9.46. The van der Waals surface area contributed by atoms with Gasteiger partial charge in [-0.15, -0.1) is 6.58 Å². The van der Waals surface area contributed by atoms with Crippen molar-refractivity contribution in [3.05, 3.63) is 77.9 Å². The van der Waals surface area contributed by atoms with E-state index in [2.05, 4.69) is 23.3 Å². The molecule has 10 heteroatoms. The minimum Gasteiger partial charge on any atom is -0.504 e. The molecule has 2 aliphatic carbocycles. The number of phenolic OH excluding ortho intramolecular Hbond substituents is 1. The quantitative estimate of drug-likeness (QED) is 0.267. The van der Waals surface area contributed by atoms with Crippen LogP contribution in [-0.2, 0) is 11.8 Å². The van der Waals surface area contributed by atoms with E-state index in [-0.39, 0.29) is 22.8 Å². The molecule has 1 fully saturated rings. The highest BCUT2D eigenvalue weighted by atomic mass is 16.5. The number of amides is 1. The topological polar surface area (TPSA) is 180 Å². The lowest BCUT2D eigenvalue weighted by molar-refractivity contribution is -0.0488. The molecule has 1 amide bonds. The number of ether oxygens (including phenoxy) is 1. The summed E-state index contributed by atoms with van der Waals surface area (Å²) in [7, 11) is 0. The fourth-order valence-electron chi connectivity index (χ4n) is 6.22. The number of benzene rings is 2. The zero-order valence-corrected chi connectivity index (χ0v) is 20.2. The van der Waals surface area contributed by atoms with Crippen LogP contribution in [-0.4, -0.2) is 68.7 Å². The van der Waals surface area contributed by atoms with Crippen molar-refractivity contribution in [2.45, 2.75) is 36.5 Å². The second-order valence-corrected chi connectivity index (χ2v) is 9.46. The van der Waals surface area contributed by atoms with Crippen LogP contribution in [0.3, 0.4) is 0 Å². The Bertz CT molecular complexity index is 1240. The summed E-state index contributed by atoms with van der Waals surface area (Å²) in [5.41, 5.74) is 12.0. The van der Waals surface area contributed by atoms with Crippen molar-refractivity contribution in [1.29, 1.82) is 0 Å². The Balaban J connectivity index is 0.000000191. The lowest BCUT2D eigenvalue weighted by Gasteiger charge is -2.57. The third-order valence-electron chi connectivity index (χ3n) is 7.54. The summed E-state index contributed by atoms with van der Waals surface area (Å²) in [5.74, 6) is 0.138. The summed E-state index contributed by atoms with van der Waals surface area (Å²) in [6.45, 7) is 5.76. The Kier molecular flexibility index (Phi) is 7.15. The Morgan fingerprint density at radius 3 is 2.51 bits per heavy atom. The summed E-state index contributed by atoms with van der Waals surface area (Å²) in [4.78, 5) is 21.6. The van der Waals surface area contributed by atoms with E-state index in [9.17, 15) is 15.0 Å². The molecule has 2 heterocycles. The van der Waals surface area contributed by atoms with Gasteiger partial charge in [0.15, 0.2) is 11.5 Å². The average Bonchev–Trinajstić information content (AvgIpc) is 3.20. The number of hydrogen-bond donors (Lipinski definition) is 6. The van der Waals surface area contributed by atoms with Crippen LogP contribution in [0.4, 0.5) is 10.5 Å². The standard InChI is InChI=1S/C19H21NO3.C7H7NO2.CH3NO2/c1-2-8-20-9-7-19-12-4-6-15(22)18(19)23-17-14(21)5-3-11(16(17)19)10-13(12)20;8-6-4-2-1-3-5(6)7(9)10;2-1(3)4/h2-6,12-13,15,18,21-22H,1,7-10H2;1-4H,8H2,(H,9,10);2H2,(H,3,4)/t12-,13+,15-,18-,19-;;/m0../s1. The number of carbonyl (C=O) groups is 2. The molecule has 0 unspecified atom stereocenters. The number of nitrogens with zero attached hydrogens (tertiary/aromatic N) is 1. The molecule has 1 spiro atoms. The number of aliphatic hydroxyl groups excluding tert-OH is 1. The lowest BCUT2D eigenvalue weighted by atomic mass is 9.53. The van der Waals surface area contributed by atoms with Crippen LogP contribution >= 0.6 is 0 Å². The molecule has 37 heavy (non-hydrogen) atoms. The molecule has 2 bridgehead atoms. The van der Waals surface area contributed by atoms with Crippen molar-refractivity contribution in [1.82, 2.24) is 4.90 Å². The third kappa shape index (κ3) is 4.49. The van der Waals surface area contributed by atoms with Crippen molar-refractivity contribution in [2.75, 3.05) is 18.8 Å². The molecule has 0 radical (unpaired) electrons. The van der Waals surface area contributed by atoms with Crippen LogP contribution in [0.1, 0.15) is 27.9 Å². The fraction of sp³-hybridized carbons (Fsp3) is 0.333. The number of aromatic hydroxyl groups is 1. The number of rotatable bonds is 3. The number of phenols is 1. The summed E-state index contributed by atoms with van der Waals surface area (Å²) < 4.78 is 6.13. The van der Waals surface area contributed by atoms with Crippen LogP contribution in [0, 0.1) is 5.92 Å². The van der Waals surface area contributed by atoms with Crippen molar-refractivity contribution in [3.63, 3.8) is 0 Å². The van der Waals surface area contributed by atoms with Gasteiger partial charge in [-0.25, -0.2) is 9.59 Å². The third-order valence-corrected chi connectivity index (χ3v) is 7.54. The van der Waals surface area contributed by atoms with E-state index < -0.39 is 18.2 Å². The number of carboxylic acids is 1. The zero-order valence-electron chi connectivity index (χ0n) is 20.2. The van der Waals surface area contributed by atoms with Gasteiger partial charge in [0, 0.05) is 35.2 Å². The molecule has 196 valence electrons. The van der Waals surface area contributed by atoms with E-state index in [0.29, 0.717) is 23.4 Å². The van der Waals surface area contributed by atoms with Gasteiger partial charge in [-0.1, -0.05) is 36.4 Å². The van der Waals surface area contributed by atoms with Crippen LogP contribution in [0.2, 0.25) is 0 Å². The predicted octanol–water partition coefficient (Wildman–Crippen LogP) is 2.34. The summed E-state index contributed by atoms with van der Waals surface area (Å²) in [6, 6.07) is 10.5.